The van der Waals surface area contributed by atoms with Crippen molar-refractivity contribution in [1.82, 2.24) is 4.98 Å². The summed E-state index contributed by atoms with van der Waals surface area (Å²) >= 11 is 0. The summed E-state index contributed by atoms with van der Waals surface area (Å²) in [5, 5.41) is 3.22. The van der Waals surface area contributed by atoms with Gasteiger partial charge in [0.1, 0.15) is 5.69 Å². The van der Waals surface area contributed by atoms with Crippen LogP contribution in [0.15, 0.2) is 36.5 Å². The Bertz CT molecular complexity index is 580. The number of benzene rings is 1. The number of aromatic nitrogens is 1. The van der Waals surface area contributed by atoms with E-state index in [0.29, 0.717) is 0 Å². The molecule has 0 spiro atoms. The van der Waals surface area contributed by atoms with Crippen molar-refractivity contribution in [2.45, 2.75) is 32.6 Å². The van der Waals surface area contributed by atoms with E-state index in [0.717, 1.165) is 30.5 Å². The van der Waals surface area contributed by atoms with Gasteiger partial charge in [-0.3, -0.25) is 4.98 Å². The molecule has 2 aromatic rings. The molecule has 2 rings (SSSR count). The second-order valence-corrected chi connectivity index (χ2v) is 4.99. The number of hydrogen-bond donors (Lipinski definition) is 1. The summed E-state index contributed by atoms with van der Waals surface area (Å²) < 4.78 is 24.9. The maximum absolute atomic E-state index is 12.4. The van der Waals surface area contributed by atoms with Crippen LogP contribution in [0.3, 0.4) is 0 Å². The molecule has 112 valence electrons. The third kappa shape index (κ3) is 4.00. The first-order valence-corrected chi connectivity index (χ1v) is 7.16. The Morgan fingerprint density at radius 1 is 1.10 bits per heavy atom. The molecule has 0 bridgehead atoms. The van der Waals surface area contributed by atoms with Crippen molar-refractivity contribution in [3.05, 3.63) is 58.9 Å². The molecule has 0 amide bonds. The van der Waals surface area contributed by atoms with E-state index in [-0.39, 0.29) is 5.69 Å². The largest absolute Gasteiger partial charge is 0.388 e. The summed E-state index contributed by atoms with van der Waals surface area (Å²) in [6.07, 6.45) is 1.69. The second kappa shape index (κ2) is 7.16. The SMILES string of the molecule is CCc1ccc(CCc2ccc(C(F)F)nc2)c(NC)c1. The number of nitrogens with one attached hydrogen (secondary N) is 1. The van der Waals surface area contributed by atoms with Crippen LogP contribution in [-0.2, 0) is 19.3 Å². The summed E-state index contributed by atoms with van der Waals surface area (Å²) in [5.41, 5.74) is 4.47. The number of anilines is 1. The maximum atomic E-state index is 12.4. The Kier molecular flexibility index (Phi) is 5.26. The van der Waals surface area contributed by atoms with Gasteiger partial charge in [0.15, 0.2) is 0 Å². The van der Waals surface area contributed by atoms with Crippen molar-refractivity contribution in [3.8, 4) is 0 Å². The second-order valence-electron chi connectivity index (χ2n) is 4.99. The highest BCUT2D eigenvalue weighted by Gasteiger charge is 2.08. The van der Waals surface area contributed by atoms with Crippen LogP contribution in [-0.4, -0.2) is 12.0 Å². The zero-order valence-electron chi connectivity index (χ0n) is 12.4. The highest BCUT2D eigenvalue weighted by Crippen LogP contribution is 2.21. The molecule has 0 fully saturated rings. The van der Waals surface area contributed by atoms with Crippen LogP contribution >= 0.6 is 0 Å². The van der Waals surface area contributed by atoms with Crippen LogP contribution in [0.25, 0.3) is 0 Å². The molecule has 0 radical (unpaired) electrons. The Morgan fingerprint density at radius 2 is 1.86 bits per heavy atom. The lowest BCUT2D eigenvalue weighted by molar-refractivity contribution is 0.146. The van der Waals surface area contributed by atoms with E-state index in [2.05, 4.69) is 35.4 Å². The highest BCUT2D eigenvalue weighted by molar-refractivity contribution is 5.53. The molecule has 1 aromatic heterocycles. The monoisotopic (exact) mass is 290 g/mol. The molecular formula is C17H20F2N2. The van der Waals surface area contributed by atoms with E-state index >= 15 is 0 Å². The van der Waals surface area contributed by atoms with Crippen molar-refractivity contribution in [1.29, 1.82) is 0 Å². The van der Waals surface area contributed by atoms with E-state index in [1.807, 2.05) is 7.05 Å². The highest BCUT2D eigenvalue weighted by atomic mass is 19.3. The first kappa shape index (κ1) is 15.4. The smallest absolute Gasteiger partial charge is 0.280 e. The van der Waals surface area contributed by atoms with E-state index in [1.54, 1.807) is 12.3 Å². The van der Waals surface area contributed by atoms with E-state index < -0.39 is 6.43 Å². The molecular weight excluding hydrogens is 270 g/mol. The molecule has 2 nitrogen and oxygen atoms in total. The number of aryl methyl sites for hydroxylation is 3. The number of alkyl halides is 2. The summed E-state index contributed by atoms with van der Waals surface area (Å²) in [5.74, 6) is 0. The van der Waals surface area contributed by atoms with Crippen molar-refractivity contribution in [2.75, 3.05) is 12.4 Å². The number of hydrogen-bond acceptors (Lipinski definition) is 2. The maximum Gasteiger partial charge on any atom is 0.280 e. The molecule has 0 saturated heterocycles. The predicted octanol–water partition coefficient (Wildman–Crippen LogP) is 4.41. The van der Waals surface area contributed by atoms with Crippen molar-refractivity contribution in [3.63, 3.8) is 0 Å². The minimum atomic E-state index is -2.50. The molecule has 0 atom stereocenters. The van der Waals surface area contributed by atoms with E-state index in [4.69, 9.17) is 0 Å². The minimum Gasteiger partial charge on any atom is -0.388 e. The fourth-order valence-corrected chi connectivity index (χ4v) is 2.29. The van der Waals surface area contributed by atoms with Gasteiger partial charge in [0.05, 0.1) is 0 Å². The van der Waals surface area contributed by atoms with Crippen LogP contribution < -0.4 is 5.32 Å². The van der Waals surface area contributed by atoms with Gasteiger partial charge in [-0.25, -0.2) is 8.78 Å². The van der Waals surface area contributed by atoms with E-state index in [1.165, 1.54) is 17.2 Å². The minimum absolute atomic E-state index is 0.165. The summed E-state index contributed by atoms with van der Waals surface area (Å²) in [4.78, 5) is 3.79. The predicted molar refractivity (Wildman–Crippen MR) is 82.0 cm³/mol. The average molecular weight is 290 g/mol. The molecule has 0 saturated carbocycles. The van der Waals surface area contributed by atoms with Gasteiger partial charge in [0.25, 0.3) is 6.43 Å². The van der Waals surface area contributed by atoms with Gasteiger partial charge in [-0.15, -0.1) is 0 Å². The first-order chi connectivity index (χ1) is 10.1. The van der Waals surface area contributed by atoms with Crippen LogP contribution in [0, 0.1) is 0 Å². The quantitative estimate of drug-likeness (QED) is 0.852. The first-order valence-electron chi connectivity index (χ1n) is 7.16. The number of nitrogens with zero attached hydrogens (tertiary/aromatic N) is 1. The molecule has 0 aliphatic rings. The van der Waals surface area contributed by atoms with Crippen LogP contribution in [0.2, 0.25) is 0 Å². The zero-order chi connectivity index (χ0) is 15.2. The Morgan fingerprint density at radius 3 is 2.43 bits per heavy atom. The van der Waals surface area contributed by atoms with Gasteiger partial charge in [0.2, 0.25) is 0 Å². The van der Waals surface area contributed by atoms with Gasteiger partial charge in [-0.2, -0.15) is 0 Å². The van der Waals surface area contributed by atoms with Gasteiger partial charge >= 0.3 is 0 Å². The van der Waals surface area contributed by atoms with Crippen molar-refractivity contribution >= 4 is 5.69 Å². The van der Waals surface area contributed by atoms with Gasteiger partial charge in [0, 0.05) is 18.9 Å². The summed E-state index contributed by atoms with van der Waals surface area (Å²) in [7, 11) is 1.91. The molecule has 4 heteroatoms. The molecule has 1 aromatic carbocycles. The lowest BCUT2D eigenvalue weighted by Gasteiger charge is -2.11. The summed E-state index contributed by atoms with van der Waals surface area (Å²) in [6.45, 7) is 2.13. The molecule has 0 aliphatic carbocycles. The molecule has 1 N–H and O–H groups in total. The van der Waals surface area contributed by atoms with Crippen LogP contribution in [0.1, 0.15) is 35.7 Å². The number of rotatable bonds is 6. The standard InChI is InChI=1S/C17H20F2N2/c1-3-12-4-7-14(16(10-12)20-2)8-5-13-6-9-15(17(18)19)21-11-13/h4,6-7,9-11,17,20H,3,5,8H2,1-2H3. The number of pyridine rings is 1. The van der Waals surface area contributed by atoms with Crippen molar-refractivity contribution in [2.24, 2.45) is 0 Å². The Hall–Kier alpha value is -1.97. The molecule has 0 aliphatic heterocycles. The molecule has 21 heavy (non-hydrogen) atoms. The van der Waals surface area contributed by atoms with Gasteiger partial charge in [-0.1, -0.05) is 25.1 Å². The molecule has 0 unspecified atom stereocenters. The fraction of sp³-hybridized carbons (Fsp3) is 0.353. The average Bonchev–Trinajstić information content (AvgIpc) is 2.53. The Balaban J connectivity index is 2.05. The lowest BCUT2D eigenvalue weighted by atomic mass is 10.0. The fourth-order valence-electron chi connectivity index (χ4n) is 2.29. The molecule has 1 heterocycles. The third-order valence-electron chi connectivity index (χ3n) is 3.61. The normalized spacial score (nSPS) is 10.9. The van der Waals surface area contributed by atoms with Gasteiger partial charge < -0.3 is 5.32 Å². The van der Waals surface area contributed by atoms with Crippen molar-refractivity contribution < 1.29 is 8.78 Å². The third-order valence-corrected chi connectivity index (χ3v) is 3.61. The topological polar surface area (TPSA) is 24.9 Å². The summed E-state index contributed by atoms with van der Waals surface area (Å²) in [6, 6.07) is 9.56. The Labute approximate surface area is 124 Å². The van der Waals surface area contributed by atoms with E-state index in [9.17, 15) is 8.78 Å². The number of halogens is 2. The van der Waals surface area contributed by atoms with Crippen LogP contribution in [0.4, 0.5) is 14.5 Å². The zero-order valence-corrected chi connectivity index (χ0v) is 12.4. The lowest BCUT2D eigenvalue weighted by Crippen LogP contribution is -2.00. The van der Waals surface area contributed by atoms with Crippen LogP contribution in [0.5, 0.6) is 0 Å². The van der Waals surface area contributed by atoms with Gasteiger partial charge in [-0.05, 0) is 48.1 Å².